The van der Waals surface area contributed by atoms with Gasteiger partial charge in [0.1, 0.15) is 6.04 Å². The van der Waals surface area contributed by atoms with E-state index in [-0.39, 0.29) is 10.8 Å². The molecule has 1 atom stereocenters. The number of nitrogens with one attached hydrogen (secondary N) is 2. The van der Waals surface area contributed by atoms with E-state index in [2.05, 4.69) is 15.6 Å². The van der Waals surface area contributed by atoms with Crippen LogP contribution in [0.1, 0.15) is 24.8 Å². The molecular weight excluding hydrogens is 444 g/mol. The molecule has 1 aliphatic rings. The topological polar surface area (TPSA) is 91.4 Å². The molecular formula is C23H26N4O3S2. The summed E-state index contributed by atoms with van der Waals surface area (Å²) in [5.74, 6) is -0.213. The summed E-state index contributed by atoms with van der Waals surface area (Å²) in [6.07, 6.45) is 1.79. The van der Waals surface area contributed by atoms with E-state index in [1.54, 1.807) is 42.5 Å². The molecule has 7 nitrogen and oxygen atoms in total. The number of thiazole rings is 1. The summed E-state index contributed by atoms with van der Waals surface area (Å²) < 4.78 is 26.8. The Morgan fingerprint density at radius 2 is 1.81 bits per heavy atom. The van der Waals surface area contributed by atoms with Crippen molar-refractivity contribution in [3.8, 4) is 11.3 Å². The molecule has 1 aromatic heterocycles. The SMILES string of the molecule is Cc1nc(-c2cccc(NC(C)C(=O)Nc3ccc(S(=O)(=O)N4CCCC4)cc3)c2)cs1. The summed E-state index contributed by atoms with van der Waals surface area (Å²) in [5, 5.41) is 9.07. The average Bonchev–Trinajstić information content (AvgIpc) is 3.47. The summed E-state index contributed by atoms with van der Waals surface area (Å²) in [7, 11) is -3.46. The number of sulfonamides is 1. The van der Waals surface area contributed by atoms with Crippen LogP contribution in [0, 0.1) is 6.92 Å². The number of hydrogen-bond acceptors (Lipinski definition) is 6. The largest absolute Gasteiger partial charge is 0.374 e. The molecule has 1 fully saturated rings. The fourth-order valence-corrected chi connectivity index (χ4v) is 5.76. The van der Waals surface area contributed by atoms with Gasteiger partial charge in [-0.2, -0.15) is 4.31 Å². The van der Waals surface area contributed by atoms with Crippen molar-refractivity contribution in [2.75, 3.05) is 23.7 Å². The molecule has 0 spiro atoms. The van der Waals surface area contributed by atoms with Crippen LogP contribution in [0.5, 0.6) is 0 Å². The number of hydrogen-bond donors (Lipinski definition) is 2. The molecule has 9 heteroatoms. The quantitative estimate of drug-likeness (QED) is 0.536. The van der Waals surface area contributed by atoms with Crippen molar-refractivity contribution in [3.05, 3.63) is 58.9 Å². The van der Waals surface area contributed by atoms with Crippen molar-refractivity contribution in [2.24, 2.45) is 0 Å². The number of nitrogens with zero attached hydrogens (tertiary/aromatic N) is 2. The zero-order valence-electron chi connectivity index (χ0n) is 18.0. The minimum absolute atomic E-state index is 0.213. The molecule has 1 unspecified atom stereocenters. The number of benzene rings is 2. The van der Waals surface area contributed by atoms with Gasteiger partial charge in [-0.3, -0.25) is 4.79 Å². The van der Waals surface area contributed by atoms with Crippen LogP contribution in [0.3, 0.4) is 0 Å². The standard InChI is InChI=1S/C23H26N4O3S2/c1-16(24-20-7-5-6-18(14-20)22-15-31-17(2)25-22)23(28)26-19-8-10-21(11-9-19)32(29,30)27-12-3-4-13-27/h5-11,14-16,24H,3-4,12-13H2,1-2H3,(H,26,28). The number of carbonyl (C=O) groups is 1. The molecule has 1 saturated heterocycles. The monoisotopic (exact) mass is 470 g/mol. The summed E-state index contributed by atoms with van der Waals surface area (Å²) in [4.78, 5) is 17.4. The highest BCUT2D eigenvalue weighted by Crippen LogP contribution is 2.25. The molecule has 4 rings (SSSR count). The Balaban J connectivity index is 1.39. The number of anilines is 2. The molecule has 0 radical (unpaired) electrons. The molecule has 168 valence electrons. The maximum atomic E-state index is 12.7. The van der Waals surface area contributed by atoms with Crippen molar-refractivity contribution in [1.82, 2.24) is 9.29 Å². The van der Waals surface area contributed by atoms with Gasteiger partial charge >= 0.3 is 0 Å². The minimum atomic E-state index is -3.46. The van der Waals surface area contributed by atoms with E-state index in [0.717, 1.165) is 34.8 Å². The molecule has 2 heterocycles. The lowest BCUT2D eigenvalue weighted by Gasteiger charge is -2.17. The smallest absolute Gasteiger partial charge is 0.246 e. The van der Waals surface area contributed by atoms with Gasteiger partial charge in [0.15, 0.2) is 0 Å². The number of carbonyl (C=O) groups excluding carboxylic acids is 1. The van der Waals surface area contributed by atoms with Crippen LogP contribution in [0.25, 0.3) is 11.3 Å². The first-order valence-electron chi connectivity index (χ1n) is 10.5. The molecule has 0 saturated carbocycles. The molecule has 2 aromatic carbocycles. The van der Waals surface area contributed by atoms with Crippen LogP contribution in [0.4, 0.5) is 11.4 Å². The number of aryl methyl sites for hydroxylation is 1. The lowest BCUT2D eigenvalue weighted by atomic mass is 10.1. The molecule has 3 aromatic rings. The lowest BCUT2D eigenvalue weighted by molar-refractivity contribution is -0.116. The molecule has 1 amide bonds. The zero-order valence-corrected chi connectivity index (χ0v) is 19.7. The van der Waals surface area contributed by atoms with E-state index in [1.807, 2.05) is 36.6 Å². The Morgan fingerprint density at radius 1 is 1.09 bits per heavy atom. The Kier molecular flexibility index (Phi) is 6.59. The van der Waals surface area contributed by atoms with Crippen LogP contribution in [0.15, 0.2) is 58.8 Å². The first-order valence-corrected chi connectivity index (χ1v) is 12.8. The van der Waals surface area contributed by atoms with Crippen molar-refractivity contribution >= 4 is 38.6 Å². The van der Waals surface area contributed by atoms with E-state index in [9.17, 15) is 13.2 Å². The number of rotatable bonds is 7. The van der Waals surface area contributed by atoms with Crippen molar-refractivity contribution in [2.45, 2.75) is 37.6 Å². The predicted molar refractivity (Wildman–Crippen MR) is 128 cm³/mol. The summed E-state index contributed by atoms with van der Waals surface area (Å²) in [5.41, 5.74) is 3.28. The number of aromatic nitrogens is 1. The van der Waals surface area contributed by atoms with Gasteiger partial charge in [0, 0.05) is 35.4 Å². The zero-order chi connectivity index (χ0) is 22.7. The Labute approximate surface area is 192 Å². The van der Waals surface area contributed by atoms with Gasteiger partial charge in [-0.1, -0.05) is 12.1 Å². The fraction of sp³-hybridized carbons (Fsp3) is 0.304. The van der Waals surface area contributed by atoms with Crippen molar-refractivity contribution in [3.63, 3.8) is 0 Å². The average molecular weight is 471 g/mol. The Hall–Kier alpha value is -2.75. The Bertz CT molecular complexity index is 1200. The third-order valence-electron chi connectivity index (χ3n) is 5.38. The summed E-state index contributed by atoms with van der Waals surface area (Å²) in [6.45, 7) is 4.87. The van der Waals surface area contributed by atoms with E-state index in [1.165, 1.54) is 4.31 Å². The van der Waals surface area contributed by atoms with Gasteiger partial charge in [0.25, 0.3) is 0 Å². The van der Waals surface area contributed by atoms with Gasteiger partial charge in [-0.05, 0) is 63.1 Å². The second kappa shape index (κ2) is 9.40. The summed E-state index contributed by atoms with van der Waals surface area (Å²) >= 11 is 1.60. The normalized spacial score (nSPS) is 15.4. The van der Waals surface area contributed by atoms with Crippen LogP contribution in [-0.2, 0) is 14.8 Å². The second-order valence-electron chi connectivity index (χ2n) is 7.82. The van der Waals surface area contributed by atoms with Gasteiger partial charge in [0.05, 0.1) is 15.6 Å². The maximum absolute atomic E-state index is 12.7. The molecule has 0 aliphatic carbocycles. The Morgan fingerprint density at radius 3 is 2.47 bits per heavy atom. The summed E-state index contributed by atoms with van der Waals surface area (Å²) in [6, 6.07) is 13.6. The number of amides is 1. The van der Waals surface area contributed by atoms with Crippen LogP contribution in [0.2, 0.25) is 0 Å². The van der Waals surface area contributed by atoms with E-state index >= 15 is 0 Å². The van der Waals surface area contributed by atoms with Crippen LogP contribution in [-0.4, -0.2) is 42.7 Å². The highest BCUT2D eigenvalue weighted by molar-refractivity contribution is 7.89. The fourth-order valence-electron chi connectivity index (χ4n) is 3.62. The van der Waals surface area contributed by atoms with Gasteiger partial charge in [-0.15, -0.1) is 11.3 Å². The second-order valence-corrected chi connectivity index (χ2v) is 10.8. The van der Waals surface area contributed by atoms with Gasteiger partial charge in [0.2, 0.25) is 15.9 Å². The highest BCUT2D eigenvalue weighted by Gasteiger charge is 2.27. The lowest BCUT2D eigenvalue weighted by Crippen LogP contribution is -2.32. The van der Waals surface area contributed by atoms with Crippen LogP contribution < -0.4 is 10.6 Å². The highest BCUT2D eigenvalue weighted by atomic mass is 32.2. The first-order chi connectivity index (χ1) is 15.3. The van der Waals surface area contributed by atoms with Crippen molar-refractivity contribution < 1.29 is 13.2 Å². The first kappa shape index (κ1) is 22.4. The van der Waals surface area contributed by atoms with Gasteiger partial charge in [-0.25, -0.2) is 13.4 Å². The van der Waals surface area contributed by atoms with E-state index in [4.69, 9.17) is 0 Å². The molecule has 32 heavy (non-hydrogen) atoms. The third-order valence-corrected chi connectivity index (χ3v) is 8.06. The minimum Gasteiger partial charge on any atom is -0.374 e. The molecule has 2 N–H and O–H groups in total. The van der Waals surface area contributed by atoms with Crippen molar-refractivity contribution in [1.29, 1.82) is 0 Å². The molecule has 1 aliphatic heterocycles. The van der Waals surface area contributed by atoms with Crippen LogP contribution >= 0.6 is 11.3 Å². The third kappa shape index (κ3) is 5.01. The van der Waals surface area contributed by atoms with E-state index in [0.29, 0.717) is 18.8 Å². The molecule has 0 bridgehead atoms. The maximum Gasteiger partial charge on any atom is 0.246 e. The van der Waals surface area contributed by atoms with Gasteiger partial charge < -0.3 is 10.6 Å². The predicted octanol–water partition coefficient (Wildman–Crippen LogP) is 4.34. The van der Waals surface area contributed by atoms with E-state index < -0.39 is 16.1 Å².